The maximum absolute atomic E-state index is 10.1. The second-order valence-electron chi connectivity index (χ2n) is 4.29. The third-order valence-corrected chi connectivity index (χ3v) is 3.08. The summed E-state index contributed by atoms with van der Waals surface area (Å²) in [5, 5.41) is 8.31. The molecule has 21 heavy (non-hydrogen) atoms. The number of hydrogen-bond donors (Lipinski definition) is 2. The van der Waals surface area contributed by atoms with Gasteiger partial charge in [0, 0.05) is 12.4 Å². The number of aliphatic carboxylic acids is 1. The molecule has 0 radical (unpaired) electrons. The predicted molar refractivity (Wildman–Crippen MR) is 81.7 cm³/mol. The Morgan fingerprint density at radius 2 is 1.71 bits per heavy atom. The van der Waals surface area contributed by atoms with E-state index >= 15 is 0 Å². The molecule has 1 atom stereocenters. The van der Waals surface area contributed by atoms with Crippen molar-refractivity contribution in [2.24, 2.45) is 0 Å². The summed E-state index contributed by atoms with van der Waals surface area (Å²) in [5.41, 5.74) is 0. The molecule has 2 N–H and O–H groups in total. The first-order chi connectivity index (χ1) is 9.61. The van der Waals surface area contributed by atoms with E-state index in [2.05, 4.69) is 4.98 Å². The Balaban J connectivity index is 0. The molecule has 122 valence electrons. The van der Waals surface area contributed by atoms with E-state index in [0.29, 0.717) is 6.42 Å². The predicted octanol–water partition coefficient (Wildman–Crippen LogP) is 1.39. The minimum absolute atomic E-state index is 0.132. The fourth-order valence-corrected chi connectivity index (χ4v) is 1.31. The lowest BCUT2D eigenvalue weighted by atomic mass is 10.3. The molecule has 0 saturated heterocycles. The normalized spacial score (nSPS) is 11.5. The van der Waals surface area contributed by atoms with Crippen molar-refractivity contribution in [2.45, 2.75) is 26.3 Å². The number of likely N-dealkylation sites (N-methyl/N-ethyl adjacent to an activating group) is 1. The van der Waals surface area contributed by atoms with Crippen molar-refractivity contribution < 1.29 is 22.9 Å². The first kappa shape index (κ1) is 21.8. The summed E-state index contributed by atoms with van der Waals surface area (Å²) < 4.78 is 27.6. The zero-order chi connectivity index (χ0) is 16.9. The molecule has 8 heteroatoms. The summed E-state index contributed by atoms with van der Waals surface area (Å²) in [6.45, 7) is 3.33. The Labute approximate surface area is 126 Å². The van der Waals surface area contributed by atoms with Gasteiger partial charge in [-0.2, -0.15) is 8.42 Å². The van der Waals surface area contributed by atoms with E-state index in [-0.39, 0.29) is 11.8 Å². The lowest BCUT2D eigenvalue weighted by Crippen LogP contribution is -2.32. The van der Waals surface area contributed by atoms with Gasteiger partial charge in [0.25, 0.3) is 10.1 Å². The average Bonchev–Trinajstić information content (AvgIpc) is 2.39. The second kappa shape index (κ2) is 12.2. The fraction of sp³-hybridized carbons (Fsp3) is 0.538. The first-order valence-electron chi connectivity index (χ1n) is 6.31. The largest absolute Gasteiger partial charge is 0.480 e. The van der Waals surface area contributed by atoms with Crippen LogP contribution in [0.4, 0.5) is 0 Å². The van der Waals surface area contributed by atoms with E-state index in [9.17, 15) is 13.2 Å². The van der Waals surface area contributed by atoms with Gasteiger partial charge in [0.05, 0.1) is 5.75 Å². The first-order valence-corrected chi connectivity index (χ1v) is 7.92. The number of carbonyl (C=O) groups is 1. The molecule has 7 nitrogen and oxygen atoms in total. The van der Waals surface area contributed by atoms with Crippen molar-refractivity contribution in [3.8, 4) is 0 Å². The lowest BCUT2D eigenvalue weighted by Gasteiger charge is -2.13. The van der Waals surface area contributed by atoms with Gasteiger partial charge in [0.1, 0.15) is 6.04 Å². The number of nitrogens with zero attached hydrogens (tertiary/aromatic N) is 2. The monoisotopic (exact) mass is 320 g/mol. The number of hydrogen-bond acceptors (Lipinski definition) is 5. The van der Waals surface area contributed by atoms with Gasteiger partial charge < -0.3 is 5.11 Å². The number of carboxylic acids is 1. The van der Waals surface area contributed by atoms with Crippen LogP contribution in [-0.2, 0) is 14.9 Å². The third kappa shape index (κ3) is 18.5. The van der Waals surface area contributed by atoms with Crippen molar-refractivity contribution in [1.29, 1.82) is 0 Å². The topological polar surface area (TPSA) is 108 Å². The zero-order valence-electron chi connectivity index (χ0n) is 12.8. The Bertz CT molecular complexity index is 436. The van der Waals surface area contributed by atoms with E-state index in [1.165, 1.54) is 0 Å². The molecule has 0 saturated carbocycles. The third-order valence-electron chi connectivity index (χ3n) is 2.16. The maximum Gasteiger partial charge on any atom is 0.320 e. The summed E-state index contributed by atoms with van der Waals surface area (Å²) in [6, 6.07) is 5.34. The molecule has 0 amide bonds. The highest BCUT2D eigenvalue weighted by molar-refractivity contribution is 7.85. The Kier molecular flexibility index (Phi) is 12.7. The van der Waals surface area contributed by atoms with Crippen LogP contribution in [0.1, 0.15) is 20.3 Å². The minimum Gasteiger partial charge on any atom is -0.480 e. The minimum atomic E-state index is -3.67. The van der Waals surface area contributed by atoms with Crippen LogP contribution >= 0.6 is 0 Å². The van der Waals surface area contributed by atoms with E-state index in [0.717, 1.165) is 0 Å². The Hall–Kier alpha value is -1.51. The van der Waals surface area contributed by atoms with Gasteiger partial charge in [-0.15, -0.1) is 0 Å². The average molecular weight is 320 g/mol. The van der Waals surface area contributed by atoms with Gasteiger partial charge in [-0.3, -0.25) is 19.2 Å². The molecule has 1 aromatic heterocycles. The molecule has 0 bridgehead atoms. The van der Waals surface area contributed by atoms with Gasteiger partial charge in [-0.1, -0.05) is 13.0 Å². The van der Waals surface area contributed by atoms with Crippen LogP contribution < -0.4 is 0 Å². The van der Waals surface area contributed by atoms with Crippen molar-refractivity contribution >= 4 is 16.1 Å². The number of pyridine rings is 1. The summed E-state index contributed by atoms with van der Waals surface area (Å²) in [7, 11) is -0.204. The van der Waals surface area contributed by atoms with Crippen molar-refractivity contribution in [3.05, 3.63) is 30.6 Å². The molecule has 1 aromatic rings. The SMILES string of the molecule is CC(C(=O)O)N(C)C.CCCS(=O)(=O)O.c1ccncc1. The molecule has 0 spiro atoms. The molecule has 0 aliphatic carbocycles. The zero-order valence-corrected chi connectivity index (χ0v) is 13.6. The number of rotatable bonds is 4. The van der Waals surface area contributed by atoms with Gasteiger partial charge in [0.15, 0.2) is 0 Å². The Morgan fingerprint density at radius 3 is 1.76 bits per heavy atom. The fourth-order valence-electron chi connectivity index (χ4n) is 0.791. The molecule has 0 aliphatic rings. The van der Waals surface area contributed by atoms with Crippen LogP contribution in [0.25, 0.3) is 0 Å². The Morgan fingerprint density at radius 1 is 1.24 bits per heavy atom. The van der Waals surface area contributed by atoms with Crippen LogP contribution in [0, 0.1) is 0 Å². The highest BCUT2D eigenvalue weighted by atomic mass is 32.2. The van der Waals surface area contributed by atoms with Crippen molar-refractivity contribution in [2.75, 3.05) is 19.8 Å². The summed E-state index contributed by atoms with van der Waals surface area (Å²) in [4.78, 5) is 15.5. The summed E-state index contributed by atoms with van der Waals surface area (Å²) in [6.07, 6.45) is 3.97. The highest BCUT2D eigenvalue weighted by Crippen LogP contribution is 1.88. The summed E-state index contributed by atoms with van der Waals surface area (Å²) >= 11 is 0. The molecular formula is C13H24N2O5S. The van der Waals surface area contributed by atoms with Gasteiger partial charge >= 0.3 is 5.97 Å². The van der Waals surface area contributed by atoms with Crippen LogP contribution in [0.3, 0.4) is 0 Å². The molecule has 0 aliphatic heterocycles. The molecule has 1 heterocycles. The molecule has 1 unspecified atom stereocenters. The molecule has 0 aromatic carbocycles. The molecule has 0 fully saturated rings. The van der Waals surface area contributed by atoms with E-state index in [1.807, 2.05) is 18.2 Å². The van der Waals surface area contributed by atoms with Crippen LogP contribution in [0.2, 0.25) is 0 Å². The van der Waals surface area contributed by atoms with E-state index in [4.69, 9.17) is 9.66 Å². The van der Waals surface area contributed by atoms with Gasteiger partial charge in [0.2, 0.25) is 0 Å². The lowest BCUT2D eigenvalue weighted by molar-refractivity contribution is -0.141. The van der Waals surface area contributed by atoms with E-state index < -0.39 is 16.1 Å². The smallest absolute Gasteiger partial charge is 0.320 e. The van der Waals surface area contributed by atoms with Crippen molar-refractivity contribution in [1.82, 2.24) is 9.88 Å². The number of aromatic nitrogens is 1. The van der Waals surface area contributed by atoms with E-state index in [1.54, 1.807) is 45.2 Å². The van der Waals surface area contributed by atoms with Gasteiger partial charge in [-0.25, -0.2) is 0 Å². The maximum atomic E-state index is 10.1. The standard InChI is InChI=1S/C5H11NO2.C5H5N.C3H8O3S/c1-4(5(7)8)6(2)3;1-2-4-6-5-3-1;1-2-3-7(4,5)6/h4H,1-3H3,(H,7,8);1-5H;2-3H2,1H3,(H,4,5,6). The van der Waals surface area contributed by atoms with Crippen LogP contribution in [-0.4, -0.2) is 59.8 Å². The number of carboxylic acid groups (broad SMARTS) is 1. The quantitative estimate of drug-likeness (QED) is 0.807. The van der Waals surface area contributed by atoms with Crippen molar-refractivity contribution in [3.63, 3.8) is 0 Å². The van der Waals surface area contributed by atoms with Gasteiger partial charge in [-0.05, 0) is 39.6 Å². The van der Waals surface area contributed by atoms with Crippen LogP contribution in [0.15, 0.2) is 30.6 Å². The second-order valence-corrected chi connectivity index (χ2v) is 5.86. The molecule has 1 rings (SSSR count). The summed E-state index contributed by atoms with van der Waals surface area (Å²) in [5.74, 6) is -0.914. The highest BCUT2D eigenvalue weighted by Gasteiger charge is 2.11. The molecular weight excluding hydrogens is 296 g/mol. The van der Waals surface area contributed by atoms with Crippen LogP contribution in [0.5, 0.6) is 0 Å².